The van der Waals surface area contributed by atoms with Crippen molar-refractivity contribution in [3.63, 3.8) is 0 Å². The van der Waals surface area contributed by atoms with Gasteiger partial charge in [-0.05, 0) is 74.1 Å². The second-order valence-electron chi connectivity index (χ2n) is 7.43. The summed E-state index contributed by atoms with van der Waals surface area (Å²) in [5, 5.41) is 4.88. The number of piperidine rings is 1. The smallest absolute Gasteiger partial charge is 0.255 e. The predicted octanol–water partition coefficient (Wildman–Crippen LogP) is 4.30. The molecule has 2 aromatic carbocycles. The van der Waals surface area contributed by atoms with Crippen molar-refractivity contribution < 1.29 is 9.53 Å². The highest BCUT2D eigenvalue weighted by molar-refractivity contribution is 6.09. The SMILES string of the molecule is COc1cc(NC(=O)c2ccc(C3CCN(C)CC3)cc2)c2cnccc2c1. The van der Waals surface area contributed by atoms with Gasteiger partial charge in [-0.2, -0.15) is 0 Å². The van der Waals surface area contributed by atoms with Gasteiger partial charge in [0.25, 0.3) is 5.91 Å². The fourth-order valence-electron chi connectivity index (χ4n) is 3.84. The minimum absolute atomic E-state index is 0.131. The number of nitrogens with zero attached hydrogens (tertiary/aromatic N) is 2. The van der Waals surface area contributed by atoms with Crippen LogP contribution < -0.4 is 10.1 Å². The Hall–Kier alpha value is -2.92. The van der Waals surface area contributed by atoms with Gasteiger partial charge in [0.2, 0.25) is 0 Å². The number of benzene rings is 2. The van der Waals surface area contributed by atoms with Crippen molar-refractivity contribution in [2.75, 3.05) is 32.6 Å². The Morgan fingerprint density at radius 1 is 1.14 bits per heavy atom. The molecule has 0 bridgehead atoms. The van der Waals surface area contributed by atoms with Gasteiger partial charge in [-0.1, -0.05) is 12.1 Å². The van der Waals surface area contributed by atoms with Crippen LogP contribution in [-0.4, -0.2) is 43.0 Å². The Bertz CT molecular complexity index is 977. The highest BCUT2D eigenvalue weighted by Gasteiger charge is 2.18. The second kappa shape index (κ2) is 7.98. The van der Waals surface area contributed by atoms with Crippen molar-refractivity contribution >= 4 is 22.4 Å². The van der Waals surface area contributed by atoms with Crippen LogP contribution in [0.15, 0.2) is 54.9 Å². The monoisotopic (exact) mass is 375 g/mol. The Balaban J connectivity index is 1.53. The molecule has 0 atom stereocenters. The number of amides is 1. The summed E-state index contributed by atoms with van der Waals surface area (Å²) in [4.78, 5) is 19.4. The van der Waals surface area contributed by atoms with E-state index in [-0.39, 0.29) is 5.91 Å². The zero-order chi connectivity index (χ0) is 19.5. The van der Waals surface area contributed by atoms with Crippen LogP contribution in [0.4, 0.5) is 5.69 Å². The summed E-state index contributed by atoms with van der Waals surface area (Å²) in [5.41, 5.74) is 2.67. The number of rotatable bonds is 4. The van der Waals surface area contributed by atoms with Crippen LogP contribution in [0.1, 0.15) is 34.7 Å². The summed E-state index contributed by atoms with van der Waals surface area (Å²) in [7, 11) is 3.79. The molecule has 0 saturated carbocycles. The summed E-state index contributed by atoms with van der Waals surface area (Å²) in [6.45, 7) is 2.26. The van der Waals surface area contributed by atoms with Gasteiger partial charge in [0.1, 0.15) is 5.75 Å². The quantitative estimate of drug-likeness (QED) is 0.738. The number of nitrogens with one attached hydrogen (secondary N) is 1. The number of likely N-dealkylation sites (tertiary alicyclic amines) is 1. The lowest BCUT2D eigenvalue weighted by molar-refractivity contribution is 0.102. The summed E-state index contributed by atoms with van der Waals surface area (Å²) in [5.74, 6) is 1.15. The van der Waals surface area contributed by atoms with Crippen molar-refractivity contribution in [1.82, 2.24) is 9.88 Å². The van der Waals surface area contributed by atoms with E-state index in [0.29, 0.717) is 22.9 Å². The maximum atomic E-state index is 12.8. The molecule has 28 heavy (non-hydrogen) atoms. The molecule has 1 saturated heterocycles. The Morgan fingerprint density at radius 2 is 1.89 bits per heavy atom. The molecule has 3 aromatic rings. The molecule has 2 heterocycles. The third-order valence-corrected chi connectivity index (χ3v) is 5.58. The predicted molar refractivity (Wildman–Crippen MR) is 112 cm³/mol. The van der Waals surface area contributed by atoms with Gasteiger partial charge in [-0.3, -0.25) is 9.78 Å². The van der Waals surface area contributed by atoms with E-state index in [1.165, 1.54) is 18.4 Å². The number of fused-ring (bicyclic) bond motifs is 1. The van der Waals surface area contributed by atoms with Gasteiger partial charge >= 0.3 is 0 Å². The average Bonchev–Trinajstić information content (AvgIpc) is 2.74. The first-order valence-electron chi connectivity index (χ1n) is 9.65. The van der Waals surface area contributed by atoms with Gasteiger partial charge in [-0.15, -0.1) is 0 Å². The number of pyridine rings is 1. The fourth-order valence-corrected chi connectivity index (χ4v) is 3.84. The molecular weight excluding hydrogens is 350 g/mol. The van der Waals surface area contributed by atoms with Crippen molar-refractivity contribution in [3.05, 3.63) is 66.0 Å². The fraction of sp³-hybridized carbons (Fsp3) is 0.304. The molecule has 1 fully saturated rings. The summed E-state index contributed by atoms with van der Waals surface area (Å²) >= 11 is 0. The van der Waals surface area contributed by atoms with Gasteiger partial charge < -0.3 is 15.0 Å². The third-order valence-electron chi connectivity index (χ3n) is 5.58. The second-order valence-corrected chi connectivity index (χ2v) is 7.43. The largest absolute Gasteiger partial charge is 0.497 e. The van der Waals surface area contributed by atoms with E-state index in [1.807, 2.05) is 30.3 Å². The van der Waals surface area contributed by atoms with E-state index in [2.05, 4.69) is 34.4 Å². The zero-order valence-electron chi connectivity index (χ0n) is 16.3. The van der Waals surface area contributed by atoms with E-state index < -0.39 is 0 Å². The Kier molecular flexibility index (Phi) is 5.26. The lowest BCUT2D eigenvalue weighted by Gasteiger charge is -2.29. The van der Waals surface area contributed by atoms with Gasteiger partial charge in [0.05, 0.1) is 12.8 Å². The molecular formula is C23H25N3O2. The number of aromatic nitrogens is 1. The normalized spacial score (nSPS) is 15.5. The molecule has 1 aliphatic rings. The van der Waals surface area contributed by atoms with Crippen LogP contribution in [0.3, 0.4) is 0 Å². The number of ether oxygens (including phenoxy) is 1. The molecule has 1 aromatic heterocycles. The number of hydrogen-bond donors (Lipinski definition) is 1. The molecule has 1 amide bonds. The van der Waals surface area contributed by atoms with Crippen molar-refractivity contribution in [3.8, 4) is 5.75 Å². The molecule has 0 spiro atoms. The number of carbonyl (C=O) groups excluding carboxylic acids is 1. The first-order valence-corrected chi connectivity index (χ1v) is 9.65. The summed E-state index contributed by atoms with van der Waals surface area (Å²) in [6.07, 6.45) is 5.83. The lowest BCUT2D eigenvalue weighted by atomic mass is 9.89. The van der Waals surface area contributed by atoms with Crippen molar-refractivity contribution in [1.29, 1.82) is 0 Å². The lowest BCUT2D eigenvalue weighted by Crippen LogP contribution is -2.29. The van der Waals surface area contributed by atoms with Crippen LogP contribution >= 0.6 is 0 Å². The third kappa shape index (κ3) is 3.85. The van der Waals surface area contributed by atoms with Crippen LogP contribution in [0.25, 0.3) is 10.8 Å². The number of anilines is 1. The van der Waals surface area contributed by atoms with Gasteiger partial charge in [0.15, 0.2) is 0 Å². The maximum absolute atomic E-state index is 12.8. The Labute approximate surface area is 165 Å². The standard InChI is InChI=1S/C23H25N3O2/c1-26-11-8-17(9-12-26)16-3-5-18(6-4-16)23(27)25-22-14-20(28-2)13-19-7-10-24-15-21(19)22/h3-7,10,13-15,17H,8-9,11-12H2,1-2H3,(H,25,27). The molecule has 5 nitrogen and oxygen atoms in total. The van der Waals surface area contributed by atoms with Crippen LogP contribution in [0.5, 0.6) is 5.75 Å². The molecule has 1 aliphatic heterocycles. The van der Waals surface area contributed by atoms with Gasteiger partial charge in [-0.25, -0.2) is 0 Å². The summed E-state index contributed by atoms with van der Waals surface area (Å²) in [6, 6.07) is 13.7. The van der Waals surface area contributed by atoms with Gasteiger partial charge in [0, 0.05) is 29.4 Å². The van der Waals surface area contributed by atoms with E-state index >= 15 is 0 Å². The first kappa shape index (κ1) is 18.4. The van der Waals surface area contributed by atoms with E-state index in [1.54, 1.807) is 19.5 Å². The summed E-state index contributed by atoms with van der Waals surface area (Å²) < 4.78 is 5.37. The number of hydrogen-bond acceptors (Lipinski definition) is 4. The maximum Gasteiger partial charge on any atom is 0.255 e. The van der Waals surface area contributed by atoms with Crippen molar-refractivity contribution in [2.45, 2.75) is 18.8 Å². The molecule has 4 rings (SSSR count). The highest BCUT2D eigenvalue weighted by Crippen LogP contribution is 2.30. The van der Waals surface area contributed by atoms with Crippen LogP contribution in [0.2, 0.25) is 0 Å². The first-order chi connectivity index (χ1) is 13.6. The molecule has 0 radical (unpaired) electrons. The van der Waals surface area contributed by atoms with E-state index in [4.69, 9.17) is 4.74 Å². The zero-order valence-corrected chi connectivity index (χ0v) is 16.3. The molecule has 0 aliphatic carbocycles. The molecule has 0 unspecified atom stereocenters. The minimum Gasteiger partial charge on any atom is -0.497 e. The van der Waals surface area contributed by atoms with E-state index in [9.17, 15) is 4.79 Å². The highest BCUT2D eigenvalue weighted by atomic mass is 16.5. The average molecular weight is 375 g/mol. The number of methoxy groups -OCH3 is 1. The molecule has 144 valence electrons. The van der Waals surface area contributed by atoms with Crippen LogP contribution in [-0.2, 0) is 0 Å². The van der Waals surface area contributed by atoms with Crippen molar-refractivity contribution in [2.24, 2.45) is 0 Å². The van der Waals surface area contributed by atoms with E-state index in [0.717, 1.165) is 23.9 Å². The number of carbonyl (C=O) groups is 1. The Morgan fingerprint density at radius 3 is 2.61 bits per heavy atom. The minimum atomic E-state index is -0.131. The molecule has 5 heteroatoms. The topological polar surface area (TPSA) is 54.5 Å². The van der Waals surface area contributed by atoms with Crippen LogP contribution in [0, 0.1) is 0 Å². The molecule has 1 N–H and O–H groups in total.